The summed E-state index contributed by atoms with van der Waals surface area (Å²) in [5, 5.41) is 13.1. The van der Waals surface area contributed by atoms with Crippen molar-refractivity contribution in [3.63, 3.8) is 0 Å². The number of nitrogens with one attached hydrogen (secondary N) is 2. The van der Waals surface area contributed by atoms with Crippen LogP contribution >= 0.6 is 12.2 Å². The molecular weight excluding hydrogens is 328 g/mol. The average molecular weight is 349 g/mol. The lowest BCUT2D eigenvalue weighted by Crippen LogP contribution is -3.14. The second-order valence-electron chi connectivity index (χ2n) is 6.13. The normalized spacial score (nSPS) is 23.4. The number of esters is 1. The average Bonchev–Trinajstić information content (AvgIpc) is 3.11. The minimum atomic E-state index is -0.516. The second-order valence-corrected chi connectivity index (χ2v) is 6.50. The third kappa shape index (κ3) is 3.40. The molecule has 1 aliphatic rings. The summed E-state index contributed by atoms with van der Waals surface area (Å²) in [7, 11) is 1.36. The van der Waals surface area contributed by atoms with Gasteiger partial charge in [0.05, 0.1) is 7.11 Å². The van der Waals surface area contributed by atoms with E-state index >= 15 is 0 Å². The van der Waals surface area contributed by atoms with Gasteiger partial charge >= 0.3 is 5.97 Å². The summed E-state index contributed by atoms with van der Waals surface area (Å²) in [5.41, 5.74) is 2.12. The third-order valence-corrected chi connectivity index (χ3v) is 4.66. The molecule has 0 saturated carbocycles. The van der Waals surface area contributed by atoms with Crippen LogP contribution in [-0.4, -0.2) is 51.6 Å². The highest BCUT2D eigenvalue weighted by atomic mass is 32.1. The van der Waals surface area contributed by atoms with Crippen molar-refractivity contribution < 1.29 is 19.5 Å². The van der Waals surface area contributed by atoms with Crippen molar-refractivity contribution >= 4 is 18.2 Å². The zero-order valence-corrected chi connectivity index (χ0v) is 14.5. The topological polar surface area (TPSA) is 84.6 Å². The lowest BCUT2D eigenvalue weighted by atomic mass is 10.1. The molecule has 1 fully saturated rings. The molecule has 2 aromatic rings. The van der Waals surface area contributed by atoms with E-state index in [0.29, 0.717) is 30.2 Å². The number of hydrogen-bond acceptors (Lipinski definition) is 5. The molecule has 1 aromatic heterocycles. The molecule has 128 valence electrons. The van der Waals surface area contributed by atoms with Gasteiger partial charge in [-0.25, -0.2) is 9.48 Å². The van der Waals surface area contributed by atoms with Crippen molar-refractivity contribution in [2.75, 3.05) is 13.7 Å². The maximum atomic E-state index is 11.9. The Hall–Kier alpha value is -2.03. The number of aromatic amines is 1. The number of carbonyl (C=O) groups excluding carboxylic acids is 1. The molecule has 3 N–H and O–H groups in total. The fraction of sp³-hybridized carbons (Fsp3) is 0.438. The van der Waals surface area contributed by atoms with Crippen LogP contribution in [0.25, 0.3) is 11.4 Å². The number of hydrogen-bond donors (Lipinski definition) is 3. The molecule has 8 heteroatoms. The molecular formula is C16H21N4O3S+. The molecule has 1 aromatic carbocycles. The summed E-state index contributed by atoms with van der Waals surface area (Å²) < 4.78 is 6.98. The lowest BCUT2D eigenvalue weighted by Gasteiger charge is -2.19. The Morgan fingerprint density at radius 3 is 2.88 bits per heavy atom. The largest absolute Gasteiger partial charge is 0.465 e. The van der Waals surface area contributed by atoms with E-state index in [4.69, 9.17) is 17.0 Å². The van der Waals surface area contributed by atoms with Gasteiger partial charge in [-0.1, -0.05) is 29.8 Å². The number of likely N-dealkylation sites (tertiary alicyclic amines) is 1. The molecule has 0 aliphatic carbocycles. The zero-order chi connectivity index (χ0) is 17.3. The molecule has 0 bridgehead atoms. The number of ether oxygens (including phenoxy) is 1. The first-order chi connectivity index (χ1) is 11.5. The van der Waals surface area contributed by atoms with Crippen molar-refractivity contribution in [1.29, 1.82) is 0 Å². The van der Waals surface area contributed by atoms with Gasteiger partial charge in [-0.2, -0.15) is 4.98 Å². The first-order valence-electron chi connectivity index (χ1n) is 7.82. The first kappa shape index (κ1) is 16.8. The van der Waals surface area contributed by atoms with Gasteiger partial charge in [0.15, 0.2) is 18.5 Å². The maximum absolute atomic E-state index is 11.9. The molecule has 0 amide bonds. The number of rotatable bonds is 4. The van der Waals surface area contributed by atoms with Crippen LogP contribution in [-0.2, 0) is 16.2 Å². The summed E-state index contributed by atoms with van der Waals surface area (Å²) in [6, 6.07) is 7.60. The highest BCUT2D eigenvalue weighted by Gasteiger charge is 2.41. The standard InChI is InChI=1S/C16H20N4O3S/c1-10-3-5-11(6-4-10)14-17-16(24)20(18-14)9-19-8-12(21)7-13(19)15(22)23-2/h3-6,12-13,21H,7-9H2,1-2H3,(H,17,18,24)/p+1/t12-,13+/m1/s1. The predicted octanol–water partition coefficient (Wildman–Crippen LogP) is 0.0647. The van der Waals surface area contributed by atoms with Crippen molar-refractivity contribution in [2.24, 2.45) is 0 Å². The van der Waals surface area contributed by atoms with Crippen LogP contribution < -0.4 is 4.90 Å². The van der Waals surface area contributed by atoms with E-state index in [1.807, 2.05) is 31.2 Å². The number of aliphatic hydroxyl groups excluding tert-OH is 1. The van der Waals surface area contributed by atoms with Crippen molar-refractivity contribution in [1.82, 2.24) is 14.8 Å². The van der Waals surface area contributed by atoms with Crippen LogP contribution in [0.15, 0.2) is 24.3 Å². The monoisotopic (exact) mass is 349 g/mol. The number of aromatic nitrogens is 3. The highest BCUT2D eigenvalue weighted by Crippen LogP contribution is 2.15. The van der Waals surface area contributed by atoms with Gasteiger partial charge in [0.2, 0.25) is 4.77 Å². The number of quaternary nitrogens is 1. The summed E-state index contributed by atoms with van der Waals surface area (Å²) in [5.74, 6) is 0.375. The van der Waals surface area contributed by atoms with Gasteiger partial charge in [-0.05, 0) is 19.1 Å². The Labute approximate surface area is 144 Å². The highest BCUT2D eigenvalue weighted by molar-refractivity contribution is 7.71. The summed E-state index contributed by atoms with van der Waals surface area (Å²) >= 11 is 5.32. The minimum absolute atomic E-state index is 0.314. The van der Waals surface area contributed by atoms with E-state index in [1.54, 1.807) is 4.68 Å². The maximum Gasteiger partial charge on any atom is 0.364 e. The minimum Gasteiger partial charge on any atom is -0.465 e. The smallest absolute Gasteiger partial charge is 0.364 e. The summed E-state index contributed by atoms with van der Waals surface area (Å²) in [4.78, 5) is 17.2. The molecule has 0 spiro atoms. The molecule has 24 heavy (non-hydrogen) atoms. The Kier molecular flexibility index (Phi) is 4.79. The van der Waals surface area contributed by atoms with E-state index in [-0.39, 0.29) is 5.97 Å². The number of benzene rings is 1. The molecule has 1 aliphatic heterocycles. The Balaban J connectivity index is 1.81. The lowest BCUT2D eigenvalue weighted by molar-refractivity contribution is -0.928. The Bertz CT molecular complexity index is 783. The van der Waals surface area contributed by atoms with E-state index in [2.05, 4.69) is 10.1 Å². The van der Waals surface area contributed by atoms with E-state index in [9.17, 15) is 9.90 Å². The fourth-order valence-corrected chi connectivity index (χ4v) is 3.26. The van der Waals surface area contributed by atoms with Gasteiger partial charge in [0, 0.05) is 12.0 Å². The molecule has 2 heterocycles. The van der Waals surface area contributed by atoms with Gasteiger partial charge in [0.1, 0.15) is 12.6 Å². The van der Waals surface area contributed by atoms with E-state index in [1.165, 1.54) is 12.7 Å². The second kappa shape index (κ2) is 6.84. The van der Waals surface area contributed by atoms with Gasteiger partial charge in [-0.15, -0.1) is 0 Å². The quantitative estimate of drug-likeness (QED) is 0.537. The predicted molar refractivity (Wildman–Crippen MR) is 89.8 cm³/mol. The molecule has 3 rings (SSSR count). The molecule has 0 radical (unpaired) electrons. The Morgan fingerprint density at radius 2 is 2.21 bits per heavy atom. The number of H-pyrrole nitrogens is 1. The van der Waals surface area contributed by atoms with Gasteiger partial charge in [0.25, 0.3) is 0 Å². The number of methoxy groups -OCH3 is 1. The summed E-state index contributed by atoms with van der Waals surface area (Å²) in [6.07, 6.45) is -0.119. The van der Waals surface area contributed by atoms with Crippen LogP contribution in [0, 0.1) is 11.7 Å². The van der Waals surface area contributed by atoms with Crippen LogP contribution in [0.5, 0.6) is 0 Å². The van der Waals surface area contributed by atoms with E-state index < -0.39 is 12.1 Å². The molecule has 1 saturated heterocycles. The number of nitrogens with zero attached hydrogens (tertiary/aromatic N) is 2. The van der Waals surface area contributed by atoms with E-state index in [0.717, 1.165) is 10.5 Å². The first-order valence-corrected chi connectivity index (χ1v) is 8.23. The van der Waals surface area contributed by atoms with Crippen LogP contribution in [0.4, 0.5) is 0 Å². The SMILES string of the molecule is COC(=O)[C@@H]1C[C@@H](O)C[NH+]1Cn1[nH]c(-c2ccc(C)cc2)nc1=S. The van der Waals surface area contributed by atoms with Crippen LogP contribution in [0.2, 0.25) is 0 Å². The Morgan fingerprint density at radius 1 is 1.50 bits per heavy atom. The summed E-state index contributed by atoms with van der Waals surface area (Å²) in [6.45, 7) is 2.93. The van der Waals surface area contributed by atoms with Crippen molar-refractivity contribution in [2.45, 2.75) is 32.2 Å². The van der Waals surface area contributed by atoms with Crippen molar-refractivity contribution in [3.05, 3.63) is 34.6 Å². The third-order valence-electron chi connectivity index (χ3n) is 4.35. The molecule has 3 atom stereocenters. The number of carbonyl (C=O) groups is 1. The van der Waals surface area contributed by atoms with Crippen molar-refractivity contribution in [3.8, 4) is 11.4 Å². The molecule has 7 nitrogen and oxygen atoms in total. The van der Waals surface area contributed by atoms with Crippen LogP contribution in [0.3, 0.4) is 0 Å². The zero-order valence-electron chi connectivity index (χ0n) is 13.7. The van der Waals surface area contributed by atoms with Crippen LogP contribution in [0.1, 0.15) is 12.0 Å². The number of aryl methyl sites for hydroxylation is 1. The van der Waals surface area contributed by atoms with Gasteiger partial charge in [-0.3, -0.25) is 5.10 Å². The fourth-order valence-electron chi connectivity index (χ4n) is 3.05. The van der Waals surface area contributed by atoms with Gasteiger partial charge < -0.3 is 14.7 Å². The molecule has 1 unspecified atom stereocenters. The number of aliphatic hydroxyl groups is 1.